The van der Waals surface area contributed by atoms with E-state index in [1.54, 1.807) is 0 Å². The molecule has 1 aliphatic carbocycles. The molecule has 3 unspecified atom stereocenters. The van der Waals surface area contributed by atoms with Crippen molar-refractivity contribution in [3.05, 3.63) is 77.9 Å². The Kier molecular flexibility index (Phi) is 3.98. The van der Waals surface area contributed by atoms with Crippen LogP contribution < -0.4 is 4.90 Å². The molecule has 0 bridgehead atoms. The lowest BCUT2D eigenvalue weighted by atomic mass is 9.64. The fourth-order valence-corrected chi connectivity index (χ4v) is 5.81. The van der Waals surface area contributed by atoms with Crippen molar-refractivity contribution in [2.24, 2.45) is 11.8 Å². The Balaban J connectivity index is 1.12. The Bertz CT molecular complexity index is 1090. The number of anilines is 1. The zero-order valence-corrected chi connectivity index (χ0v) is 16.6. The van der Waals surface area contributed by atoms with E-state index in [2.05, 4.69) is 59.5 Å². The summed E-state index contributed by atoms with van der Waals surface area (Å²) in [5.74, 6) is 2.55. The Morgan fingerprint density at radius 3 is 2.62 bits per heavy atom. The molecule has 3 aromatic rings. The van der Waals surface area contributed by atoms with Gasteiger partial charge in [0.1, 0.15) is 0 Å². The van der Waals surface area contributed by atoms with Gasteiger partial charge in [0.25, 0.3) is 0 Å². The summed E-state index contributed by atoms with van der Waals surface area (Å²) in [6.07, 6.45) is 1.87. The van der Waals surface area contributed by atoms with Crippen LogP contribution in [0.15, 0.2) is 66.7 Å². The van der Waals surface area contributed by atoms with Gasteiger partial charge in [0.15, 0.2) is 0 Å². The van der Waals surface area contributed by atoms with Crippen LogP contribution in [0, 0.1) is 11.8 Å². The van der Waals surface area contributed by atoms with Crippen molar-refractivity contribution < 1.29 is 4.79 Å². The molecule has 0 aromatic heterocycles. The molecule has 3 heteroatoms. The molecular weight excluding hydrogens is 356 g/mol. The molecule has 146 valence electrons. The van der Waals surface area contributed by atoms with Crippen LogP contribution in [-0.2, 0) is 11.2 Å². The summed E-state index contributed by atoms with van der Waals surface area (Å²) in [6, 6.07) is 23.9. The van der Waals surface area contributed by atoms with Crippen LogP contribution in [0.1, 0.15) is 23.5 Å². The fourth-order valence-electron chi connectivity index (χ4n) is 5.81. The van der Waals surface area contributed by atoms with E-state index in [0.29, 0.717) is 12.3 Å². The van der Waals surface area contributed by atoms with Crippen LogP contribution in [0.25, 0.3) is 10.8 Å². The van der Waals surface area contributed by atoms with Gasteiger partial charge in [0.2, 0.25) is 5.91 Å². The Hall–Kier alpha value is -2.65. The van der Waals surface area contributed by atoms with E-state index in [-0.39, 0.29) is 5.91 Å². The van der Waals surface area contributed by atoms with Gasteiger partial charge in [-0.15, -0.1) is 0 Å². The molecule has 1 saturated carbocycles. The molecule has 0 radical (unpaired) electrons. The average Bonchev–Trinajstić information content (AvgIpc) is 3.23. The number of nitrogens with zero attached hydrogens (tertiary/aromatic N) is 2. The molecule has 6 rings (SSSR count). The maximum atomic E-state index is 12.4. The predicted molar refractivity (Wildman–Crippen MR) is 117 cm³/mol. The molecule has 0 N–H and O–H groups in total. The second-order valence-corrected chi connectivity index (χ2v) is 8.98. The quantitative estimate of drug-likeness (QED) is 0.665. The molecule has 1 saturated heterocycles. The van der Waals surface area contributed by atoms with Crippen molar-refractivity contribution in [1.82, 2.24) is 4.90 Å². The van der Waals surface area contributed by atoms with Crippen molar-refractivity contribution in [1.29, 1.82) is 0 Å². The summed E-state index contributed by atoms with van der Waals surface area (Å²) >= 11 is 0. The number of carbonyl (C=O) groups is 1. The first-order valence-corrected chi connectivity index (χ1v) is 10.9. The van der Waals surface area contributed by atoms with Crippen molar-refractivity contribution in [3.8, 4) is 0 Å². The van der Waals surface area contributed by atoms with Crippen LogP contribution in [0.2, 0.25) is 0 Å². The van der Waals surface area contributed by atoms with E-state index in [9.17, 15) is 4.79 Å². The van der Waals surface area contributed by atoms with E-state index in [0.717, 1.165) is 30.6 Å². The van der Waals surface area contributed by atoms with Gasteiger partial charge in [0, 0.05) is 31.9 Å². The monoisotopic (exact) mass is 382 g/mol. The van der Waals surface area contributed by atoms with Crippen molar-refractivity contribution in [3.63, 3.8) is 0 Å². The van der Waals surface area contributed by atoms with Gasteiger partial charge in [-0.1, -0.05) is 60.7 Å². The predicted octanol–water partition coefficient (Wildman–Crippen LogP) is 4.46. The Morgan fingerprint density at radius 1 is 0.862 bits per heavy atom. The molecule has 2 fully saturated rings. The van der Waals surface area contributed by atoms with Gasteiger partial charge in [0.05, 0.1) is 6.42 Å². The topological polar surface area (TPSA) is 23.6 Å². The van der Waals surface area contributed by atoms with Crippen molar-refractivity contribution in [2.45, 2.75) is 18.8 Å². The van der Waals surface area contributed by atoms with Gasteiger partial charge < -0.3 is 9.80 Å². The third-order valence-electron chi connectivity index (χ3n) is 7.41. The molecule has 3 aromatic carbocycles. The van der Waals surface area contributed by atoms with E-state index < -0.39 is 0 Å². The van der Waals surface area contributed by atoms with Gasteiger partial charge in [-0.25, -0.2) is 0 Å². The van der Waals surface area contributed by atoms with Crippen LogP contribution in [0.5, 0.6) is 0 Å². The Labute approximate surface area is 171 Å². The third kappa shape index (κ3) is 2.87. The average molecular weight is 383 g/mol. The maximum absolute atomic E-state index is 12.4. The second-order valence-electron chi connectivity index (χ2n) is 8.98. The number of amides is 1. The van der Waals surface area contributed by atoms with E-state index in [4.69, 9.17) is 0 Å². The smallest absolute Gasteiger partial charge is 0.231 e. The number of carbonyl (C=O) groups excluding carboxylic acids is 1. The SMILES string of the molecule is O=C1Cc2ccccc2N1CCN1CC2CC(c3ccc4ccccc4c3)C2C1. The fraction of sp³-hybridized carbons (Fsp3) is 0.346. The summed E-state index contributed by atoms with van der Waals surface area (Å²) in [6.45, 7) is 4.16. The second kappa shape index (κ2) is 6.70. The minimum atomic E-state index is 0.252. The summed E-state index contributed by atoms with van der Waals surface area (Å²) in [7, 11) is 0. The number of hydrogen-bond donors (Lipinski definition) is 0. The Morgan fingerprint density at radius 2 is 1.69 bits per heavy atom. The van der Waals surface area contributed by atoms with Gasteiger partial charge in [-0.05, 0) is 52.1 Å². The highest BCUT2D eigenvalue weighted by Crippen LogP contribution is 2.51. The lowest BCUT2D eigenvalue weighted by Crippen LogP contribution is -2.36. The zero-order valence-electron chi connectivity index (χ0n) is 16.6. The minimum absolute atomic E-state index is 0.252. The third-order valence-corrected chi connectivity index (χ3v) is 7.41. The number of para-hydroxylation sites is 1. The number of rotatable bonds is 4. The van der Waals surface area contributed by atoms with E-state index in [1.807, 2.05) is 17.0 Å². The summed E-state index contributed by atoms with van der Waals surface area (Å²) in [5.41, 5.74) is 3.81. The van der Waals surface area contributed by atoms with E-state index in [1.165, 1.54) is 41.4 Å². The maximum Gasteiger partial charge on any atom is 0.231 e. The largest absolute Gasteiger partial charge is 0.311 e. The number of likely N-dealkylation sites (tertiary alicyclic amines) is 1. The first-order valence-electron chi connectivity index (χ1n) is 10.9. The van der Waals surface area contributed by atoms with Crippen LogP contribution in [0.3, 0.4) is 0 Å². The molecule has 3 aliphatic rings. The first kappa shape index (κ1) is 17.2. The van der Waals surface area contributed by atoms with Gasteiger partial charge >= 0.3 is 0 Å². The van der Waals surface area contributed by atoms with Crippen molar-refractivity contribution >= 4 is 22.4 Å². The first-order chi connectivity index (χ1) is 14.3. The number of hydrogen-bond acceptors (Lipinski definition) is 2. The lowest BCUT2D eigenvalue weighted by Gasteiger charge is -2.40. The van der Waals surface area contributed by atoms with Gasteiger partial charge in [-0.2, -0.15) is 0 Å². The number of fused-ring (bicyclic) bond motifs is 3. The molecule has 1 amide bonds. The minimum Gasteiger partial charge on any atom is -0.311 e. The molecule has 3 nitrogen and oxygen atoms in total. The highest BCUT2D eigenvalue weighted by atomic mass is 16.2. The normalized spacial score (nSPS) is 25.9. The highest BCUT2D eigenvalue weighted by Gasteiger charge is 2.47. The van der Waals surface area contributed by atoms with Gasteiger partial charge in [-0.3, -0.25) is 4.79 Å². The molecule has 0 spiro atoms. The van der Waals surface area contributed by atoms with Crippen molar-refractivity contribution in [2.75, 3.05) is 31.1 Å². The number of benzene rings is 3. The zero-order chi connectivity index (χ0) is 19.4. The van der Waals surface area contributed by atoms with E-state index >= 15 is 0 Å². The standard InChI is InChI=1S/C26H26N2O/c29-26-15-21-7-3-4-8-25(21)28(26)12-11-27-16-22-14-23(24(22)17-27)20-10-9-18-5-1-2-6-19(18)13-20/h1-10,13,22-24H,11-12,14-17H2. The summed E-state index contributed by atoms with van der Waals surface area (Å²) in [4.78, 5) is 17.0. The molecule has 2 heterocycles. The summed E-state index contributed by atoms with van der Waals surface area (Å²) in [5, 5.41) is 2.69. The van der Waals surface area contributed by atoms with Crippen LogP contribution in [-0.4, -0.2) is 37.0 Å². The molecule has 2 aliphatic heterocycles. The van der Waals surface area contributed by atoms with Crippen LogP contribution in [0.4, 0.5) is 5.69 Å². The molecular formula is C26H26N2O. The lowest BCUT2D eigenvalue weighted by molar-refractivity contribution is -0.117. The highest BCUT2D eigenvalue weighted by molar-refractivity contribution is 6.01. The van der Waals surface area contributed by atoms with Crippen LogP contribution >= 0.6 is 0 Å². The molecule has 3 atom stereocenters. The molecule has 29 heavy (non-hydrogen) atoms. The summed E-state index contributed by atoms with van der Waals surface area (Å²) < 4.78 is 0.